The quantitative estimate of drug-likeness (QED) is 0.337. The fourth-order valence-electron chi connectivity index (χ4n) is 3.86. The molecule has 2 aromatic heterocycles. The fourth-order valence-corrected chi connectivity index (χ4v) is 3.86. The number of nitrogens with two attached hydrogens (primary N) is 1. The fraction of sp³-hybridized carbons (Fsp3) is 0.292. The summed E-state index contributed by atoms with van der Waals surface area (Å²) in [7, 11) is 0. The number of nitro benzene ring substituents is 1. The molecule has 4 rings (SSSR count). The van der Waals surface area contributed by atoms with Crippen molar-refractivity contribution < 1.29 is 19.2 Å². The highest BCUT2D eigenvalue weighted by atomic mass is 19.1. The smallest absolute Gasteiger partial charge is 0.272 e. The lowest BCUT2D eigenvalue weighted by Gasteiger charge is -2.30. The summed E-state index contributed by atoms with van der Waals surface area (Å²) < 4.78 is 22.0. The Morgan fingerprint density at radius 2 is 2.00 bits per heavy atom. The van der Waals surface area contributed by atoms with E-state index in [4.69, 9.17) is 10.5 Å². The van der Waals surface area contributed by atoms with Gasteiger partial charge >= 0.3 is 0 Å². The maximum atomic E-state index is 14.4. The zero-order valence-electron chi connectivity index (χ0n) is 18.7. The van der Waals surface area contributed by atoms with Gasteiger partial charge < -0.3 is 20.1 Å². The molecule has 10 heteroatoms. The first-order valence-corrected chi connectivity index (χ1v) is 10.6. The Morgan fingerprint density at radius 1 is 1.26 bits per heavy atom. The summed E-state index contributed by atoms with van der Waals surface area (Å²) in [6, 6.07) is 8.37. The van der Waals surface area contributed by atoms with Gasteiger partial charge in [0.05, 0.1) is 28.7 Å². The third-order valence-electron chi connectivity index (χ3n) is 5.84. The van der Waals surface area contributed by atoms with Crippen LogP contribution in [0.2, 0.25) is 0 Å². The van der Waals surface area contributed by atoms with E-state index in [0.29, 0.717) is 13.1 Å². The lowest BCUT2D eigenvalue weighted by atomic mass is 10.0. The van der Waals surface area contributed by atoms with E-state index in [1.165, 1.54) is 18.3 Å². The van der Waals surface area contributed by atoms with Crippen molar-refractivity contribution >= 4 is 11.5 Å². The SMILES string of the molecule is CC(C)(C#Cc1c(Oc2ccc([N+](=O)[O-])cc2F)ccnc1N)N1C[C@@H](O)[C@H](n2cccc2)C1. The summed E-state index contributed by atoms with van der Waals surface area (Å²) in [6.07, 6.45) is 4.71. The van der Waals surface area contributed by atoms with E-state index in [0.717, 1.165) is 12.1 Å². The molecule has 0 aliphatic carbocycles. The van der Waals surface area contributed by atoms with Crippen LogP contribution in [-0.4, -0.2) is 49.2 Å². The van der Waals surface area contributed by atoms with Crippen molar-refractivity contribution in [3.8, 4) is 23.3 Å². The molecule has 1 aliphatic rings. The van der Waals surface area contributed by atoms with Gasteiger partial charge in [0, 0.05) is 43.8 Å². The minimum Gasteiger partial charge on any atom is -0.453 e. The van der Waals surface area contributed by atoms with E-state index in [-0.39, 0.29) is 34.6 Å². The van der Waals surface area contributed by atoms with Gasteiger partial charge in [0.2, 0.25) is 0 Å². The van der Waals surface area contributed by atoms with Gasteiger partial charge in [-0.05, 0) is 32.0 Å². The van der Waals surface area contributed by atoms with Crippen molar-refractivity contribution in [1.82, 2.24) is 14.5 Å². The molecule has 1 aromatic carbocycles. The molecule has 0 radical (unpaired) electrons. The number of anilines is 1. The van der Waals surface area contributed by atoms with Gasteiger partial charge in [0.25, 0.3) is 5.69 Å². The first-order valence-electron chi connectivity index (χ1n) is 10.6. The van der Waals surface area contributed by atoms with Crippen LogP contribution in [0.3, 0.4) is 0 Å². The number of hydrogen-bond acceptors (Lipinski definition) is 7. The Kier molecular flexibility index (Phi) is 6.24. The molecule has 0 amide bonds. The van der Waals surface area contributed by atoms with Gasteiger partial charge in [-0.25, -0.2) is 9.37 Å². The number of halogens is 1. The molecular weight excluding hydrogens is 441 g/mol. The van der Waals surface area contributed by atoms with Crippen LogP contribution >= 0.6 is 0 Å². The van der Waals surface area contributed by atoms with Crippen molar-refractivity contribution in [2.75, 3.05) is 18.8 Å². The largest absolute Gasteiger partial charge is 0.453 e. The second-order valence-corrected chi connectivity index (χ2v) is 8.52. The molecule has 0 unspecified atom stereocenters. The number of pyridine rings is 1. The first-order chi connectivity index (χ1) is 16.2. The maximum absolute atomic E-state index is 14.4. The van der Waals surface area contributed by atoms with Gasteiger partial charge in [-0.1, -0.05) is 11.8 Å². The van der Waals surface area contributed by atoms with E-state index in [1.807, 2.05) is 42.9 Å². The average Bonchev–Trinajstić information content (AvgIpc) is 3.44. The Morgan fingerprint density at radius 3 is 2.68 bits per heavy atom. The van der Waals surface area contributed by atoms with Crippen LogP contribution in [0.4, 0.5) is 15.9 Å². The molecule has 1 fully saturated rings. The summed E-state index contributed by atoms with van der Waals surface area (Å²) in [5, 5.41) is 21.4. The highest BCUT2D eigenvalue weighted by Crippen LogP contribution is 2.32. The predicted octanol–water partition coefficient (Wildman–Crippen LogP) is 3.35. The summed E-state index contributed by atoms with van der Waals surface area (Å²) in [4.78, 5) is 16.3. The molecule has 3 N–H and O–H groups in total. The normalized spacial score (nSPS) is 18.4. The predicted molar refractivity (Wildman–Crippen MR) is 124 cm³/mol. The summed E-state index contributed by atoms with van der Waals surface area (Å²) >= 11 is 0. The number of β-amino-alcohol motifs (C(OH)–C–C–N with tert-alkyl or cyclic N) is 1. The second kappa shape index (κ2) is 9.13. The lowest BCUT2D eigenvalue weighted by molar-refractivity contribution is -0.385. The van der Waals surface area contributed by atoms with E-state index in [9.17, 15) is 19.6 Å². The standard InChI is InChI=1S/C24H24FN5O4/c1-24(2,29-14-19(20(31)15-29)28-11-3-4-12-28)9-7-17-21(8-10-27-23(17)26)34-22-6-5-16(30(32)33)13-18(22)25/h3-6,8,10-13,19-20,31H,14-15H2,1-2H3,(H2,26,27)/t19-,20-/m1/s1. The minimum absolute atomic E-state index is 0.0801. The zero-order valence-corrected chi connectivity index (χ0v) is 18.7. The molecule has 176 valence electrons. The Labute approximate surface area is 195 Å². The van der Waals surface area contributed by atoms with Crippen LogP contribution in [0.15, 0.2) is 55.0 Å². The number of nitro groups is 1. The average molecular weight is 465 g/mol. The van der Waals surface area contributed by atoms with Crippen LogP contribution in [0.25, 0.3) is 0 Å². The number of nitrogen functional groups attached to an aromatic ring is 1. The Hall–Kier alpha value is -3.94. The molecule has 3 heterocycles. The molecule has 0 bridgehead atoms. The van der Waals surface area contributed by atoms with Crippen molar-refractivity contribution in [2.24, 2.45) is 0 Å². The third kappa shape index (κ3) is 4.71. The molecule has 9 nitrogen and oxygen atoms in total. The lowest BCUT2D eigenvalue weighted by Crippen LogP contribution is -2.41. The Balaban J connectivity index is 1.58. The summed E-state index contributed by atoms with van der Waals surface area (Å²) in [5.41, 5.74) is 5.30. The van der Waals surface area contributed by atoms with Gasteiger partial charge in [0.1, 0.15) is 17.1 Å². The van der Waals surface area contributed by atoms with Gasteiger partial charge in [-0.2, -0.15) is 0 Å². The molecule has 34 heavy (non-hydrogen) atoms. The maximum Gasteiger partial charge on any atom is 0.272 e. The number of ether oxygens (including phenoxy) is 1. The topological polar surface area (TPSA) is 120 Å². The van der Waals surface area contributed by atoms with E-state index >= 15 is 0 Å². The van der Waals surface area contributed by atoms with Crippen LogP contribution in [0, 0.1) is 27.8 Å². The highest BCUT2D eigenvalue weighted by Gasteiger charge is 2.38. The van der Waals surface area contributed by atoms with Crippen LogP contribution < -0.4 is 10.5 Å². The zero-order chi connectivity index (χ0) is 24.5. The first kappa shape index (κ1) is 23.2. The number of rotatable bonds is 5. The van der Waals surface area contributed by atoms with Gasteiger partial charge in [-0.15, -0.1) is 0 Å². The van der Waals surface area contributed by atoms with Crippen LogP contribution in [0.1, 0.15) is 25.5 Å². The van der Waals surface area contributed by atoms with Crippen molar-refractivity contribution in [3.63, 3.8) is 0 Å². The summed E-state index contributed by atoms with van der Waals surface area (Å²) in [5.74, 6) is 5.39. The molecular formula is C24H24FN5O4. The number of aliphatic hydroxyl groups excluding tert-OH is 1. The molecule has 3 aromatic rings. The molecule has 0 spiro atoms. The second-order valence-electron chi connectivity index (χ2n) is 8.52. The van der Waals surface area contributed by atoms with Crippen molar-refractivity contribution in [3.05, 3.63) is 76.5 Å². The van der Waals surface area contributed by atoms with E-state index in [1.54, 1.807) is 0 Å². The molecule has 1 saturated heterocycles. The minimum atomic E-state index is -0.883. The monoisotopic (exact) mass is 465 g/mol. The van der Waals surface area contributed by atoms with Crippen molar-refractivity contribution in [2.45, 2.75) is 31.5 Å². The highest BCUT2D eigenvalue weighted by molar-refractivity contribution is 5.60. The van der Waals surface area contributed by atoms with Crippen LogP contribution in [-0.2, 0) is 0 Å². The van der Waals surface area contributed by atoms with Gasteiger partial charge in [0.15, 0.2) is 11.6 Å². The number of aromatic nitrogens is 2. The molecule has 0 saturated carbocycles. The van der Waals surface area contributed by atoms with Gasteiger partial charge in [-0.3, -0.25) is 15.0 Å². The van der Waals surface area contributed by atoms with E-state index < -0.39 is 22.4 Å². The number of hydrogen-bond donors (Lipinski definition) is 2. The van der Waals surface area contributed by atoms with E-state index in [2.05, 4.69) is 21.7 Å². The third-order valence-corrected chi connectivity index (χ3v) is 5.84. The Bertz CT molecular complexity index is 1270. The number of nitrogens with zero attached hydrogens (tertiary/aromatic N) is 4. The van der Waals surface area contributed by atoms with Crippen molar-refractivity contribution in [1.29, 1.82) is 0 Å². The number of aliphatic hydroxyl groups is 1. The summed E-state index contributed by atoms with van der Waals surface area (Å²) in [6.45, 7) is 4.93. The number of benzene rings is 1. The van der Waals surface area contributed by atoms with Crippen LogP contribution in [0.5, 0.6) is 11.5 Å². The number of non-ortho nitro benzene ring substituents is 1. The number of likely N-dealkylation sites (tertiary alicyclic amines) is 1. The molecule has 1 aliphatic heterocycles. The molecule has 2 atom stereocenters.